The Morgan fingerprint density at radius 3 is 0.847 bits per heavy atom. The van der Waals surface area contributed by atoms with E-state index in [1.807, 2.05) is 12.1 Å². The molecule has 0 saturated heterocycles. The summed E-state index contributed by atoms with van der Waals surface area (Å²) in [5, 5.41) is 13.8. The van der Waals surface area contributed by atoms with Crippen molar-refractivity contribution in [2.45, 2.75) is 14.9 Å². The maximum Gasteiger partial charge on any atom is 0.0547 e. The van der Waals surface area contributed by atoms with E-state index in [1.54, 1.807) is 0 Å². The molecule has 0 amide bonds. The van der Waals surface area contributed by atoms with Gasteiger partial charge in [0.2, 0.25) is 0 Å². The van der Waals surface area contributed by atoms with E-state index in [9.17, 15) is 0 Å². The number of hydrogen-bond donors (Lipinski definition) is 1. The van der Waals surface area contributed by atoms with Crippen LogP contribution >= 0.6 is 15.9 Å². The summed E-state index contributed by atoms with van der Waals surface area (Å²) in [4.78, 5) is 2.34. The Morgan fingerprint density at radius 2 is 0.477 bits per heavy atom. The fourth-order valence-corrected chi connectivity index (χ4v) is 15.7. The van der Waals surface area contributed by atoms with Crippen molar-refractivity contribution >= 4 is 110 Å². The van der Waals surface area contributed by atoms with E-state index in [1.165, 1.54) is 138 Å². The third-order valence-electron chi connectivity index (χ3n) is 20.7. The Hall–Kier alpha value is -13.8. The van der Waals surface area contributed by atoms with Crippen molar-refractivity contribution in [1.82, 2.24) is 9.13 Å². The average molecular weight is 1490 g/mol. The highest BCUT2D eigenvalue weighted by molar-refractivity contribution is 9.10. The lowest BCUT2D eigenvalue weighted by Crippen LogP contribution is -2.09. The van der Waals surface area contributed by atoms with Crippen LogP contribution in [0.4, 0.5) is 28.4 Å². The van der Waals surface area contributed by atoms with Crippen LogP contribution in [0.25, 0.3) is 143 Å². The minimum absolute atomic E-state index is 0. The number of benzene rings is 18. The van der Waals surface area contributed by atoms with Gasteiger partial charge in [0, 0.05) is 65.6 Å². The molecule has 111 heavy (non-hydrogen) atoms. The van der Waals surface area contributed by atoms with Gasteiger partial charge in [-0.15, -0.1) is 0 Å². The first kappa shape index (κ1) is 71.4. The molecular weight excluding hydrogens is 1410 g/mol. The summed E-state index contributed by atoms with van der Waals surface area (Å²) in [5.74, 6) is 0. The molecule has 0 aliphatic heterocycles. The molecule has 4 nitrogen and oxygen atoms in total. The van der Waals surface area contributed by atoms with E-state index in [0.717, 1.165) is 38.6 Å². The van der Waals surface area contributed by atoms with Crippen LogP contribution < -0.4 is 10.2 Å². The first-order valence-electron chi connectivity index (χ1n) is 37.1. The second-order valence-electron chi connectivity index (χ2n) is 27.3. The number of halogens is 1. The zero-order valence-corrected chi connectivity index (χ0v) is 61.4. The molecule has 0 aliphatic rings. The lowest BCUT2D eigenvalue weighted by molar-refractivity contribution is 1.18. The molecule has 0 unspecified atom stereocenters. The van der Waals surface area contributed by atoms with Crippen LogP contribution in [0.3, 0.4) is 0 Å². The lowest BCUT2D eigenvalue weighted by Gasteiger charge is -2.26. The standard InChI is InChI=1S/C52H36N2.C40H28N2.C12H9Br.2CH4/c1-3-13-37(14-4-1)39-23-30-43(31-24-39)53(44-32-25-40(26-33-44)38-15-5-2-6-16-38)45-34-27-42(28-35-45)46-18-9-11-21-49(46)54-50-22-12-10-20-48(50)52-47-19-8-7-17-41(47)29-36-51(52)54;1-2-10-28(11-3-1)29-18-23-32(24-19-29)41-33-25-20-31(21-26-33)34-13-6-8-16-37(34)42-38-17-9-7-15-36(38)40-35-14-5-4-12-30(35)22-27-39(40)42;13-12-8-6-11(7-9-12)10-4-2-1-3-5-10;;/h1-36H;1-27,41H;1-9H;2*1H4. The van der Waals surface area contributed by atoms with E-state index in [2.05, 4.69) is 460 Å². The van der Waals surface area contributed by atoms with Crippen LogP contribution in [0.15, 0.2) is 441 Å². The molecule has 2 heterocycles. The van der Waals surface area contributed by atoms with Gasteiger partial charge in [0.25, 0.3) is 0 Å². The van der Waals surface area contributed by atoms with Gasteiger partial charge < -0.3 is 19.4 Å². The number of nitrogens with zero attached hydrogens (tertiary/aromatic N) is 3. The molecule has 18 aromatic carbocycles. The summed E-state index contributed by atoms with van der Waals surface area (Å²) in [6, 6.07) is 156. The third-order valence-corrected chi connectivity index (χ3v) is 21.3. The largest absolute Gasteiger partial charge is 0.356 e. The quantitative estimate of drug-likeness (QED) is 0.124. The molecule has 0 saturated carbocycles. The predicted molar refractivity (Wildman–Crippen MR) is 481 cm³/mol. The number of fused-ring (bicyclic) bond motifs is 10. The SMILES string of the molecule is Brc1ccc(-c2ccccc2)cc1.C.C.c1ccc(-c2ccc(N(c3ccc(-c4ccccc4)cc3)c3ccc(-c4ccccc4-n4c5ccccc5c5c6ccccc6ccc54)cc3)cc2)cc1.c1ccc(-c2ccc(Nc3ccc(-c4ccccc4-n4c5ccccc5c5c6ccccc6ccc54)cc3)cc2)cc1. The number of anilines is 5. The highest BCUT2D eigenvalue weighted by Crippen LogP contribution is 2.44. The topological polar surface area (TPSA) is 25.1 Å². The van der Waals surface area contributed by atoms with E-state index < -0.39 is 0 Å². The second-order valence-corrected chi connectivity index (χ2v) is 28.2. The molecule has 0 spiro atoms. The molecule has 1 N–H and O–H groups in total. The Kier molecular flexibility index (Phi) is 20.8. The van der Waals surface area contributed by atoms with Crippen molar-refractivity contribution in [2.75, 3.05) is 10.2 Å². The molecular formula is C106H81BrN4. The fraction of sp³-hybridized carbons (Fsp3) is 0.0189. The molecule has 2 aromatic heterocycles. The van der Waals surface area contributed by atoms with Crippen LogP contribution in [0, 0.1) is 0 Å². The summed E-state index contributed by atoms with van der Waals surface area (Å²) >= 11 is 3.42. The van der Waals surface area contributed by atoms with Crippen molar-refractivity contribution in [1.29, 1.82) is 0 Å². The molecule has 0 fully saturated rings. The van der Waals surface area contributed by atoms with Crippen molar-refractivity contribution in [3.63, 3.8) is 0 Å². The fourth-order valence-electron chi connectivity index (χ4n) is 15.5. The molecule has 5 heteroatoms. The molecule has 20 rings (SSSR count). The van der Waals surface area contributed by atoms with E-state index >= 15 is 0 Å². The molecule has 0 atom stereocenters. The highest BCUT2D eigenvalue weighted by atomic mass is 79.9. The Labute approximate surface area is 658 Å². The van der Waals surface area contributed by atoms with Gasteiger partial charge >= 0.3 is 0 Å². The van der Waals surface area contributed by atoms with Crippen LogP contribution in [-0.2, 0) is 0 Å². The van der Waals surface area contributed by atoms with Gasteiger partial charge in [-0.2, -0.15) is 0 Å². The van der Waals surface area contributed by atoms with Gasteiger partial charge in [-0.1, -0.05) is 358 Å². The number of rotatable bonds is 13. The van der Waals surface area contributed by atoms with Crippen molar-refractivity contribution < 1.29 is 0 Å². The van der Waals surface area contributed by atoms with Gasteiger partial charge in [0.15, 0.2) is 0 Å². The number of nitrogens with one attached hydrogen (secondary N) is 1. The van der Waals surface area contributed by atoms with Gasteiger partial charge in [0.05, 0.1) is 33.4 Å². The predicted octanol–water partition coefficient (Wildman–Crippen LogP) is 30.8. The number of para-hydroxylation sites is 4. The minimum atomic E-state index is 0. The highest BCUT2D eigenvalue weighted by Gasteiger charge is 2.21. The smallest absolute Gasteiger partial charge is 0.0547 e. The van der Waals surface area contributed by atoms with E-state index in [0.29, 0.717) is 0 Å². The molecule has 532 valence electrons. The molecule has 0 aliphatic carbocycles. The van der Waals surface area contributed by atoms with E-state index in [-0.39, 0.29) is 14.9 Å². The lowest BCUT2D eigenvalue weighted by atomic mass is 10.0. The summed E-state index contributed by atoms with van der Waals surface area (Å²) in [6.07, 6.45) is 0. The van der Waals surface area contributed by atoms with Crippen LogP contribution in [0.5, 0.6) is 0 Å². The summed E-state index contributed by atoms with van der Waals surface area (Å²) in [7, 11) is 0. The first-order valence-corrected chi connectivity index (χ1v) is 37.9. The first-order chi connectivity index (χ1) is 54.0. The van der Waals surface area contributed by atoms with E-state index in [4.69, 9.17) is 0 Å². The Bertz CT molecular complexity index is 6470. The average Bonchev–Trinajstić information content (AvgIpc) is 1.58. The van der Waals surface area contributed by atoms with Crippen LogP contribution in [0.2, 0.25) is 0 Å². The normalized spacial score (nSPS) is 11.0. The zero-order chi connectivity index (χ0) is 72.8. The monoisotopic (exact) mass is 1490 g/mol. The Balaban J connectivity index is 0.000000145. The summed E-state index contributed by atoms with van der Waals surface area (Å²) in [6.45, 7) is 0. The minimum Gasteiger partial charge on any atom is -0.356 e. The molecule has 0 radical (unpaired) electrons. The summed E-state index contributed by atoms with van der Waals surface area (Å²) < 4.78 is 5.98. The molecule has 20 aromatic rings. The van der Waals surface area contributed by atoms with Crippen molar-refractivity contribution in [2.24, 2.45) is 0 Å². The maximum absolute atomic E-state index is 3.56. The second kappa shape index (κ2) is 32.3. The van der Waals surface area contributed by atoms with Crippen molar-refractivity contribution in [3.8, 4) is 78.1 Å². The van der Waals surface area contributed by atoms with Crippen LogP contribution in [-0.4, -0.2) is 9.13 Å². The van der Waals surface area contributed by atoms with Gasteiger partial charge in [-0.3, -0.25) is 0 Å². The molecule has 0 bridgehead atoms. The van der Waals surface area contributed by atoms with Crippen molar-refractivity contribution in [3.05, 3.63) is 441 Å². The van der Waals surface area contributed by atoms with Crippen LogP contribution in [0.1, 0.15) is 14.9 Å². The summed E-state index contributed by atoms with van der Waals surface area (Å²) in [5.41, 5.74) is 27.1. The van der Waals surface area contributed by atoms with Gasteiger partial charge in [0.1, 0.15) is 0 Å². The number of hydrogen-bond acceptors (Lipinski definition) is 2. The van der Waals surface area contributed by atoms with Gasteiger partial charge in [-0.05, 0) is 186 Å². The van der Waals surface area contributed by atoms with Gasteiger partial charge in [-0.25, -0.2) is 0 Å². The zero-order valence-electron chi connectivity index (χ0n) is 59.8. The maximum atomic E-state index is 3.56. The third kappa shape index (κ3) is 14.5. The number of aromatic nitrogens is 2. The Morgan fingerprint density at radius 1 is 0.207 bits per heavy atom.